The number of nitrogens with zero attached hydrogens (tertiary/aromatic N) is 1. The summed E-state index contributed by atoms with van der Waals surface area (Å²) in [6.07, 6.45) is 3.25. The molecule has 1 aliphatic rings. The Morgan fingerprint density at radius 2 is 2.25 bits per heavy atom. The van der Waals surface area contributed by atoms with Gasteiger partial charge in [0, 0.05) is 26.2 Å². The van der Waals surface area contributed by atoms with E-state index in [1.54, 1.807) is 7.11 Å². The zero-order valence-electron chi connectivity index (χ0n) is 9.98. The number of carbonyl (C=O) groups is 1. The topological polar surface area (TPSA) is 64.8 Å². The molecule has 1 heterocycles. The molecule has 0 spiro atoms. The molecule has 1 unspecified atom stereocenters. The number of hydrogen-bond acceptors (Lipinski definition) is 4. The quantitative estimate of drug-likeness (QED) is 0.652. The van der Waals surface area contributed by atoms with E-state index < -0.39 is 0 Å². The summed E-state index contributed by atoms with van der Waals surface area (Å²) in [4.78, 5) is 13.7. The molecule has 94 valence electrons. The van der Waals surface area contributed by atoms with Crippen molar-refractivity contribution in [3.63, 3.8) is 0 Å². The summed E-state index contributed by atoms with van der Waals surface area (Å²) < 4.78 is 10.1. The van der Waals surface area contributed by atoms with E-state index in [2.05, 4.69) is 0 Å². The van der Waals surface area contributed by atoms with Crippen LogP contribution in [0.1, 0.15) is 19.3 Å². The van der Waals surface area contributed by atoms with E-state index in [4.69, 9.17) is 15.2 Å². The fourth-order valence-corrected chi connectivity index (χ4v) is 1.96. The summed E-state index contributed by atoms with van der Waals surface area (Å²) in [5.74, 6) is 0.0475. The summed E-state index contributed by atoms with van der Waals surface area (Å²) in [6.45, 7) is 2.48. The van der Waals surface area contributed by atoms with Crippen molar-refractivity contribution in [3.05, 3.63) is 0 Å². The van der Waals surface area contributed by atoms with E-state index in [1.807, 2.05) is 4.90 Å². The van der Waals surface area contributed by atoms with Crippen molar-refractivity contribution in [2.75, 3.05) is 40.0 Å². The highest BCUT2D eigenvalue weighted by molar-refractivity contribution is 5.77. The Morgan fingerprint density at radius 3 is 2.94 bits per heavy atom. The standard InChI is InChI=1S/C11H22N2O3/c1-15-6-7-16-9-11(14)13-5-3-2-4-10(13)8-12/h10H,2-9,12H2,1H3. The Labute approximate surface area is 96.9 Å². The largest absolute Gasteiger partial charge is 0.382 e. The second-order valence-corrected chi connectivity index (χ2v) is 4.02. The fourth-order valence-electron chi connectivity index (χ4n) is 1.96. The zero-order chi connectivity index (χ0) is 11.8. The maximum atomic E-state index is 11.8. The molecule has 1 aliphatic heterocycles. The average molecular weight is 230 g/mol. The lowest BCUT2D eigenvalue weighted by molar-refractivity contribution is -0.140. The summed E-state index contributed by atoms with van der Waals surface area (Å²) >= 11 is 0. The molecule has 16 heavy (non-hydrogen) atoms. The number of methoxy groups -OCH3 is 1. The summed E-state index contributed by atoms with van der Waals surface area (Å²) in [5, 5.41) is 0. The Kier molecular flexibility index (Phi) is 6.37. The lowest BCUT2D eigenvalue weighted by Gasteiger charge is -2.35. The lowest BCUT2D eigenvalue weighted by Crippen LogP contribution is -2.48. The first kappa shape index (κ1) is 13.4. The minimum Gasteiger partial charge on any atom is -0.382 e. The van der Waals surface area contributed by atoms with Crippen LogP contribution in [-0.2, 0) is 14.3 Å². The van der Waals surface area contributed by atoms with Crippen molar-refractivity contribution < 1.29 is 14.3 Å². The van der Waals surface area contributed by atoms with Crippen LogP contribution in [0.2, 0.25) is 0 Å². The molecule has 1 fully saturated rings. The van der Waals surface area contributed by atoms with Crippen molar-refractivity contribution >= 4 is 5.91 Å². The van der Waals surface area contributed by atoms with Crippen LogP contribution in [0, 0.1) is 0 Å². The highest BCUT2D eigenvalue weighted by Gasteiger charge is 2.25. The van der Waals surface area contributed by atoms with Gasteiger partial charge in [0.1, 0.15) is 6.61 Å². The van der Waals surface area contributed by atoms with Crippen molar-refractivity contribution in [2.45, 2.75) is 25.3 Å². The van der Waals surface area contributed by atoms with Gasteiger partial charge in [-0.2, -0.15) is 0 Å². The molecule has 0 aromatic carbocycles. The number of hydrogen-bond donors (Lipinski definition) is 1. The molecule has 2 N–H and O–H groups in total. The first-order chi connectivity index (χ1) is 7.79. The van der Waals surface area contributed by atoms with Crippen LogP contribution in [-0.4, -0.2) is 56.9 Å². The van der Waals surface area contributed by atoms with Crippen LogP contribution in [0.3, 0.4) is 0 Å². The zero-order valence-corrected chi connectivity index (χ0v) is 9.98. The highest BCUT2D eigenvalue weighted by atomic mass is 16.5. The van der Waals surface area contributed by atoms with Crippen molar-refractivity contribution in [1.29, 1.82) is 0 Å². The molecule has 0 radical (unpaired) electrons. The van der Waals surface area contributed by atoms with Crippen LogP contribution in [0.4, 0.5) is 0 Å². The maximum absolute atomic E-state index is 11.8. The third kappa shape index (κ3) is 4.08. The molecule has 1 atom stereocenters. The van der Waals surface area contributed by atoms with Gasteiger partial charge in [-0.05, 0) is 19.3 Å². The number of amides is 1. The number of ether oxygens (including phenoxy) is 2. The Morgan fingerprint density at radius 1 is 1.44 bits per heavy atom. The Balaban J connectivity index is 2.27. The number of carbonyl (C=O) groups excluding carboxylic acids is 1. The monoisotopic (exact) mass is 230 g/mol. The van der Waals surface area contributed by atoms with Gasteiger partial charge < -0.3 is 20.1 Å². The Hall–Kier alpha value is -0.650. The van der Waals surface area contributed by atoms with E-state index in [0.717, 1.165) is 25.8 Å². The highest BCUT2D eigenvalue weighted by Crippen LogP contribution is 2.16. The average Bonchev–Trinajstić information content (AvgIpc) is 2.34. The van der Waals surface area contributed by atoms with Gasteiger partial charge in [-0.15, -0.1) is 0 Å². The fraction of sp³-hybridized carbons (Fsp3) is 0.909. The molecule has 1 rings (SSSR count). The van der Waals surface area contributed by atoms with Crippen LogP contribution < -0.4 is 5.73 Å². The van der Waals surface area contributed by atoms with Crippen LogP contribution >= 0.6 is 0 Å². The van der Waals surface area contributed by atoms with E-state index in [-0.39, 0.29) is 18.6 Å². The second kappa shape index (κ2) is 7.60. The first-order valence-electron chi connectivity index (χ1n) is 5.85. The Bertz CT molecular complexity index is 211. The third-order valence-corrected chi connectivity index (χ3v) is 2.88. The van der Waals surface area contributed by atoms with Crippen molar-refractivity contribution in [2.24, 2.45) is 5.73 Å². The minimum atomic E-state index is 0.0475. The predicted octanol–water partition coefficient (Wildman–Crippen LogP) is -0.0108. The third-order valence-electron chi connectivity index (χ3n) is 2.88. The van der Waals surface area contributed by atoms with Gasteiger partial charge in [0.15, 0.2) is 0 Å². The molecule has 0 aromatic heterocycles. The number of likely N-dealkylation sites (tertiary alicyclic amines) is 1. The minimum absolute atomic E-state index is 0.0475. The molecule has 5 nitrogen and oxygen atoms in total. The molecule has 0 aliphatic carbocycles. The van der Waals surface area contributed by atoms with Gasteiger partial charge in [-0.3, -0.25) is 4.79 Å². The molecular formula is C11H22N2O3. The van der Waals surface area contributed by atoms with Crippen LogP contribution in [0.5, 0.6) is 0 Å². The molecule has 0 aromatic rings. The normalized spacial score (nSPS) is 21.1. The molecule has 0 saturated carbocycles. The van der Waals surface area contributed by atoms with Crippen molar-refractivity contribution in [3.8, 4) is 0 Å². The van der Waals surface area contributed by atoms with Gasteiger partial charge in [0.25, 0.3) is 0 Å². The van der Waals surface area contributed by atoms with Crippen molar-refractivity contribution in [1.82, 2.24) is 4.90 Å². The van der Waals surface area contributed by atoms with E-state index >= 15 is 0 Å². The second-order valence-electron chi connectivity index (χ2n) is 4.02. The molecular weight excluding hydrogens is 208 g/mol. The molecule has 5 heteroatoms. The predicted molar refractivity (Wildman–Crippen MR) is 61.1 cm³/mol. The van der Waals surface area contributed by atoms with Gasteiger partial charge in [-0.1, -0.05) is 0 Å². The summed E-state index contributed by atoms with van der Waals surface area (Å²) in [5.41, 5.74) is 5.65. The molecule has 1 amide bonds. The number of rotatable bonds is 6. The molecule has 0 bridgehead atoms. The van der Waals surface area contributed by atoms with E-state index in [1.165, 1.54) is 0 Å². The maximum Gasteiger partial charge on any atom is 0.248 e. The van der Waals surface area contributed by atoms with Crippen LogP contribution in [0.15, 0.2) is 0 Å². The summed E-state index contributed by atoms with van der Waals surface area (Å²) in [7, 11) is 1.61. The smallest absolute Gasteiger partial charge is 0.248 e. The van der Waals surface area contributed by atoms with Gasteiger partial charge in [-0.25, -0.2) is 0 Å². The molecule has 1 saturated heterocycles. The SMILES string of the molecule is COCCOCC(=O)N1CCCCC1CN. The van der Waals surface area contributed by atoms with E-state index in [9.17, 15) is 4.79 Å². The first-order valence-corrected chi connectivity index (χ1v) is 5.85. The lowest BCUT2D eigenvalue weighted by atomic mass is 10.0. The number of nitrogens with two attached hydrogens (primary N) is 1. The van der Waals surface area contributed by atoms with E-state index in [0.29, 0.717) is 19.8 Å². The van der Waals surface area contributed by atoms with Gasteiger partial charge in [0.2, 0.25) is 5.91 Å². The van der Waals surface area contributed by atoms with Gasteiger partial charge in [0.05, 0.1) is 13.2 Å². The van der Waals surface area contributed by atoms with Crippen LogP contribution in [0.25, 0.3) is 0 Å². The van der Waals surface area contributed by atoms with Gasteiger partial charge >= 0.3 is 0 Å². The number of piperidine rings is 1. The summed E-state index contributed by atoms with van der Waals surface area (Å²) in [6, 6.07) is 0.201.